The summed E-state index contributed by atoms with van der Waals surface area (Å²) in [5, 5.41) is 2.83. The first-order valence-electron chi connectivity index (χ1n) is 6.28. The molecule has 1 amide bonds. The van der Waals surface area contributed by atoms with Crippen LogP contribution in [0.2, 0.25) is 0 Å². The van der Waals surface area contributed by atoms with Crippen molar-refractivity contribution in [3.8, 4) is 11.5 Å². The number of amides is 1. The number of rotatable bonds is 2. The molecule has 0 saturated heterocycles. The van der Waals surface area contributed by atoms with Gasteiger partial charge in [0.15, 0.2) is 11.5 Å². The molecule has 1 unspecified atom stereocenters. The molecule has 6 heteroatoms. The van der Waals surface area contributed by atoms with Crippen molar-refractivity contribution in [2.24, 2.45) is 0 Å². The molecule has 21 heavy (non-hydrogen) atoms. The van der Waals surface area contributed by atoms with Gasteiger partial charge in [-0.15, -0.1) is 0 Å². The van der Waals surface area contributed by atoms with Crippen molar-refractivity contribution in [1.82, 2.24) is 0 Å². The van der Waals surface area contributed by atoms with E-state index in [-0.39, 0.29) is 12.5 Å². The van der Waals surface area contributed by atoms with Crippen LogP contribution in [0.1, 0.15) is 0 Å². The van der Waals surface area contributed by atoms with E-state index in [4.69, 9.17) is 9.47 Å². The van der Waals surface area contributed by atoms with Gasteiger partial charge in [-0.05, 0) is 46.3 Å². The fraction of sp³-hybridized carbons (Fsp3) is 0.133. The van der Waals surface area contributed by atoms with Gasteiger partial charge in [0.2, 0.25) is 6.10 Å². The maximum absolute atomic E-state index is 12.3. The van der Waals surface area contributed by atoms with Gasteiger partial charge in [-0.1, -0.05) is 28.1 Å². The zero-order valence-electron chi connectivity index (χ0n) is 10.8. The fourth-order valence-corrected chi connectivity index (χ4v) is 3.10. The van der Waals surface area contributed by atoms with Gasteiger partial charge in [-0.25, -0.2) is 0 Å². The number of carbonyl (C=O) groups is 1. The number of nitrogens with one attached hydrogen (secondary N) is 1. The molecule has 1 aliphatic heterocycles. The van der Waals surface area contributed by atoms with Gasteiger partial charge in [0.1, 0.15) is 6.61 Å². The number of hydrogen-bond acceptors (Lipinski definition) is 3. The minimum atomic E-state index is -0.671. The molecule has 1 atom stereocenters. The van der Waals surface area contributed by atoms with Crippen LogP contribution in [0.4, 0.5) is 5.69 Å². The summed E-state index contributed by atoms with van der Waals surface area (Å²) in [5.41, 5.74) is 0.686. The molecule has 0 spiro atoms. The Balaban J connectivity index is 1.72. The summed E-state index contributed by atoms with van der Waals surface area (Å²) in [6.07, 6.45) is -0.671. The van der Waals surface area contributed by atoms with Gasteiger partial charge in [0.25, 0.3) is 5.91 Å². The van der Waals surface area contributed by atoms with Gasteiger partial charge in [-0.2, -0.15) is 0 Å². The van der Waals surface area contributed by atoms with Crippen LogP contribution in [-0.4, -0.2) is 18.6 Å². The van der Waals surface area contributed by atoms with Crippen molar-refractivity contribution in [2.75, 3.05) is 11.9 Å². The highest BCUT2D eigenvalue weighted by atomic mass is 79.9. The average Bonchev–Trinajstić information content (AvgIpc) is 2.49. The molecule has 2 aromatic carbocycles. The molecule has 1 heterocycles. The van der Waals surface area contributed by atoms with E-state index in [1.165, 1.54) is 0 Å². The van der Waals surface area contributed by atoms with Crippen LogP contribution in [0.5, 0.6) is 11.5 Å². The molecule has 1 N–H and O–H groups in total. The molecule has 1 aliphatic rings. The van der Waals surface area contributed by atoms with Gasteiger partial charge in [-0.3, -0.25) is 4.79 Å². The average molecular weight is 413 g/mol. The quantitative estimate of drug-likeness (QED) is 0.811. The van der Waals surface area contributed by atoms with E-state index < -0.39 is 6.10 Å². The monoisotopic (exact) mass is 411 g/mol. The van der Waals surface area contributed by atoms with Gasteiger partial charge >= 0.3 is 0 Å². The summed E-state index contributed by atoms with van der Waals surface area (Å²) in [6.45, 7) is 0.191. The van der Waals surface area contributed by atoms with Crippen LogP contribution in [0.3, 0.4) is 0 Å². The zero-order valence-corrected chi connectivity index (χ0v) is 14.0. The Morgan fingerprint density at radius 2 is 1.90 bits per heavy atom. The maximum Gasteiger partial charge on any atom is 0.269 e. The third-order valence-corrected chi connectivity index (χ3v) is 4.14. The van der Waals surface area contributed by atoms with E-state index in [1.807, 2.05) is 36.4 Å². The van der Waals surface area contributed by atoms with Crippen molar-refractivity contribution in [3.05, 3.63) is 51.4 Å². The summed E-state index contributed by atoms with van der Waals surface area (Å²) in [4.78, 5) is 12.3. The topological polar surface area (TPSA) is 47.6 Å². The van der Waals surface area contributed by atoms with Crippen LogP contribution < -0.4 is 14.8 Å². The van der Waals surface area contributed by atoms with Crippen LogP contribution >= 0.6 is 31.9 Å². The van der Waals surface area contributed by atoms with Crippen molar-refractivity contribution in [1.29, 1.82) is 0 Å². The Hall–Kier alpha value is -1.53. The first kappa shape index (κ1) is 14.4. The van der Waals surface area contributed by atoms with Crippen molar-refractivity contribution >= 4 is 43.5 Å². The standard InChI is InChI=1S/C15H11Br2NO3/c16-9-5-6-11(10(17)7-9)18-15(19)14-8-20-12-3-1-2-4-13(12)21-14/h1-7,14H,8H2,(H,18,19). The van der Waals surface area contributed by atoms with E-state index in [0.717, 1.165) is 8.95 Å². The van der Waals surface area contributed by atoms with Crippen LogP contribution in [0.15, 0.2) is 51.4 Å². The maximum atomic E-state index is 12.3. The van der Waals surface area contributed by atoms with Crippen molar-refractivity contribution in [3.63, 3.8) is 0 Å². The molecule has 3 rings (SSSR count). The molecular formula is C15H11Br2NO3. The van der Waals surface area contributed by atoms with E-state index in [0.29, 0.717) is 17.2 Å². The third kappa shape index (κ3) is 3.22. The number of anilines is 1. The highest BCUT2D eigenvalue weighted by Gasteiger charge is 2.27. The van der Waals surface area contributed by atoms with Gasteiger partial charge < -0.3 is 14.8 Å². The molecule has 2 aromatic rings. The lowest BCUT2D eigenvalue weighted by Crippen LogP contribution is -2.40. The molecular weight excluding hydrogens is 402 g/mol. The van der Waals surface area contributed by atoms with Crippen LogP contribution in [-0.2, 0) is 4.79 Å². The number of para-hydroxylation sites is 2. The van der Waals surface area contributed by atoms with E-state index in [1.54, 1.807) is 6.07 Å². The molecule has 4 nitrogen and oxygen atoms in total. The largest absolute Gasteiger partial charge is 0.485 e. The second-order valence-corrected chi connectivity index (χ2v) is 6.25. The molecule has 0 bridgehead atoms. The second-order valence-electron chi connectivity index (χ2n) is 4.48. The Morgan fingerprint density at radius 1 is 1.14 bits per heavy atom. The summed E-state index contributed by atoms with van der Waals surface area (Å²) in [5.74, 6) is 0.998. The normalized spacial score (nSPS) is 16.4. The summed E-state index contributed by atoms with van der Waals surface area (Å²) >= 11 is 6.78. The number of ether oxygens (including phenoxy) is 2. The van der Waals surface area contributed by atoms with Crippen molar-refractivity contribution < 1.29 is 14.3 Å². The lowest BCUT2D eigenvalue weighted by atomic mass is 10.2. The number of halogens is 2. The molecule has 108 valence electrons. The Labute approximate surface area is 138 Å². The fourth-order valence-electron chi connectivity index (χ4n) is 1.95. The minimum Gasteiger partial charge on any atom is -0.485 e. The van der Waals surface area contributed by atoms with E-state index in [9.17, 15) is 4.79 Å². The number of benzene rings is 2. The summed E-state index contributed by atoms with van der Waals surface area (Å²) < 4.78 is 12.9. The zero-order chi connectivity index (χ0) is 14.8. The molecule has 0 radical (unpaired) electrons. The number of carbonyl (C=O) groups excluding carboxylic acids is 1. The van der Waals surface area contributed by atoms with E-state index >= 15 is 0 Å². The third-order valence-electron chi connectivity index (χ3n) is 2.99. The predicted octanol–water partition coefficient (Wildman–Crippen LogP) is 3.99. The Bertz CT molecular complexity index is 690. The summed E-state index contributed by atoms with van der Waals surface area (Å²) in [7, 11) is 0. The van der Waals surface area contributed by atoms with Gasteiger partial charge in [0, 0.05) is 8.95 Å². The molecule has 0 aromatic heterocycles. The first-order valence-corrected chi connectivity index (χ1v) is 7.86. The second kappa shape index (κ2) is 6.07. The number of hydrogen-bond donors (Lipinski definition) is 1. The lowest BCUT2D eigenvalue weighted by molar-refractivity contribution is -0.125. The predicted molar refractivity (Wildman–Crippen MR) is 86.8 cm³/mol. The molecule has 0 fully saturated rings. The SMILES string of the molecule is O=C(Nc1ccc(Br)cc1Br)C1COc2ccccc2O1. The lowest BCUT2D eigenvalue weighted by Gasteiger charge is -2.25. The number of fused-ring (bicyclic) bond motifs is 1. The highest BCUT2D eigenvalue weighted by Crippen LogP contribution is 2.31. The highest BCUT2D eigenvalue weighted by molar-refractivity contribution is 9.11. The Kier molecular flexibility index (Phi) is 4.17. The molecule has 0 aliphatic carbocycles. The van der Waals surface area contributed by atoms with Crippen molar-refractivity contribution in [2.45, 2.75) is 6.10 Å². The summed E-state index contributed by atoms with van der Waals surface area (Å²) in [6, 6.07) is 12.8. The van der Waals surface area contributed by atoms with Crippen LogP contribution in [0, 0.1) is 0 Å². The Morgan fingerprint density at radius 3 is 2.67 bits per heavy atom. The smallest absolute Gasteiger partial charge is 0.269 e. The van der Waals surface area contributed by atoms with E-state index in [2.05, 4.69) is 37.2 Å². The molecule has 0 saturated carbocycles. The first-order chi connectivity index (χ1) is 10.1. The minimum absolute atomic E-state index is 0.191. The van der Waals surface area contributed by atoms with Crippen LogP contribution in [0.25, 0.3) is 0 Å². The van der Waals surface area contributed by atoms with Gasteiger partial charge in [0.05, 0.1) is 5.69 Å².